The first kappa shape index (κ1) is 12.0. The Labute approximate surface area is 114 Å². The number of nitrogen functional groups attached to an aromatic ring is 1. The second kappa shape index (κ2) is 5.27. The summed E-state index contributed by atoms with van der Waals surface area (Å²) in [5.74, 6) is 2.14. The molecule has 0 saturated carbocycles. The molecule has 0 aliphatic rings. The van der Waals surface area contributed by atoms with Crippen LogP contribution in [0.25, 0.3) is 0 Å². The first-order chi connectivity index (χ1) is 8.17. The van der Waals surface area contributed by atoms with Crippen molar-refractivity contribution in [2.45, 2.75) is 0 Å². The largest absolute Gasteiger partial charge is 0.497 e. The fourth-order valence-electron chi connectivity index (χ4n) is 1.44. The lowest BCUT2D eigenvalue weighted by Crippen LogP contribution is -1.91. The van der Waals surface area contributed by atoms with E-state index in [-0.39, 0.29) is 0 Å². The quantitative estimate of drug-likeness (QED) is 0.684. The van der Waals surface area contributed by atoms with Gasteiger partial charge in [0.2, 0.25) is 0 Å². The van der Waals surface area contributed by atoms with Gasteiger partial charge >= 0.3 is 0 Å². The highest BCUT2D eigenvalue weighted by Crippen LogP contribution is 2.28. The highest BCUT2D eigenvalue weighted by molar-refractivity contribution is 14.1. The fourth-order valence-corrected chi connectivity index (χ4v) is 1.95. The van der Waals surface area contributed by atoms with Gasteiger partial charge in [0, 0.05) is 27.5 Å². The lowest BCUT2D eigenvalue weighted by atomic mass is 10.3. The van der Waals surface area contributed by atoms with Crippen molar-refractivity contribution >= 4 is 28.3 Å². The third-order valence-electron chi connectivity index (χ3n) is 2.17. The van der Waals surface area contributed by atoms with Crippen molar-refractivity contribution in [3.05, 3.63) is 46.0 Å². The van der Waals surface area contributed by atoms with Crippen LogP contribution in [0.15, 0.2) is 42.5 Å². The molecular formula is C13H12INO2. The number of methoxy groups -OCH3 is 1. The van der Waals surface area contributed by atoms with E-state index in [1.807, 2.05) is 24.3 Å². The molecule has 0 aromatic heterocycles. The van der Waals surface area contributed by atoms with Gasteiger partial charge in [-0.15, -0.1) is 0 Å². The summed E-state index contributed by atoms with van der Waals surface area (Å²) in [6, 6.07) is 13.1. The normalized spacial score (nSPS) is 10.0. The van der Waals surface area contributed by atoms with E-state index >= 15 is 0 Å². The molecule has 0 radical (unpaired) electrons. The first-order valence-electron chi connectivity index (χ1n) is 5.05. The van der Waals surface area contributed by atoms with Crippen LogP contribution in [0, 0.1) is 3.57 Å². The average molecular weight is 341 g/mol. The molecule has 0 unspecified atom stereocenters. The third-order valence-corrected chi connectivity index (χ3v) is 2.84. The summed E-state index contributed by atoms with van der Waals surface area (Å²) < 4.78 is 12.0. The van der Waals surface area contributed by atoms with Gasteiger partial charge in [-0.05, 0) is 40.8 Å². The Balaban J connectivity index is 2.26. The molecule has 0 atom stereocenters. The molecule has 0 heterocycles. The molecule has 0 spiro atoms. The van der Waals surface area contributed by atoms with Crippen molar-refractivity contribution < 1.29 is 9.47 Å². The maximum absolute atomic E-state index is 5.76. The summed E-state index contributed by atoms with van der Waals surface area (Å²) in [4.78, 5) is 0. The molecule has 4 heteroatoms. The van der Waals surface area contributed by atoms with Crippen LogP contribution < -0.4 is 15.2 Å². The molecule has 0 fully saturated rings. The summed E-state index contributed by atoms with van der Waals surface area (Å²) in [6.45, 7) is 0. The zero-order chi connectivity index (χ0) is 12.3. The molecule has 2 N–H and O–H groups in total. The number of hydrogen-bond donors (Lipinski definition) is 1. The minimum Gasteiger partial charge on any atom is -0.497 e. The Morgan fingerprint density at radius 1 is 1.00 bits per heavy atom. The number of ether oxygens (including phenoxy) is 2. The van der Waals surface area contributed by atoms with Crippen molar-refractivity contribution in [3.8, 4) is 17.2 Å². The lowest BCUT2D eigenvalue weighted by Gasteiger charge is -2.08. The van der Waals surface area contributed by atoms with Crippen LogP contribution in [0.3, 0.4) is 0 Å². The molecule has 88 valence electrons. The molecular weight excluding hydrogens is 329 g/mol. The molecule has 0 amide bonds. The van der Waals surface area contributed by atoms with Gasteiger partial charge in [-0.3, -0.25) is 0 Å². The van der Waals surface area contributed by atoms with Gasteiger partial charge in [0.25, 0.3) is 0 Å². The summed E-state index contributed by atoms with van der Waals surface area (Å²) in [7, 11) is 1.60. The summed E-state index contributed by atoms with van der Waals surface area (Å²) in [5, 5.41) is 0. The smallest absolute Gasteiger partial charge is 0.133 e. The molecule has 0 aliphatic heterocycles. The van der Waals surface area contributed by atoms with Crippen LogP contribution in [-0.2, 0) is 0 Å². The van der Waals surface area contributed by atoms with Crippen LogP contribution in [0.5, 0.6) is 17.2 Å². The number of nitrogens with two attached hydrogens (primary N) is 1. The van der Waals surface area contributed by atoms with Crippen LogP contribution in [0.4, 0.5) is 5.69 Å². The topological polar surface area (TPSA) is 44.5 Å². The van der Waals surface area contributed by atoms with Crippen molar-refractivity contribution in [2.75, 3.05) is 12.8 Å². The third kappa shape index (κ3) is 3.26. The van der Waals surface area contributed by atoms with Gasteiger partial charge in [0.15, 0.2) is 0 Å². The SMILES string of the molecule is COc1cc(N)cc(Oc2cccc(I)c2)c1. The molecule has 0 aliphatic carbocycles. The maximum Gasteiger partial charge on any atom is 0.133 e. The number of hydrogen-bond acceptors (Lipinski definition) is 3. The standard InChI is InChI=1S/C13H12INO2/c1-16-12-6-10(15)7-13(8-12)17-11-4-2-3-9(14)5-11/h2-8H,15H2,1H3. The van der Waals surface area contributed by atoms with E-state index in [1.54, 1.807) is 25.3 Å². The van der Waals surface area contributed by atoms with E-state index in [2.05, 4.69) is 22.6 Å². The van der Waals surface area contributed by atoms with Crippen LogP contribution in [0.1, 0.15) is 0 Å². The Hall–Kier alpha value is -1.43. The van der Waals surface area contributed by atoms with Gasteiger partial charge < -0.3 is 15.2 Å². The van der Waals surface area contributed by atoms with E-state index in [4.69, 9.17) is 15.2 Å². The van der Waals surface area contributed by atoms with Gasteiger partial charge in [-0.2, -0.15) is 0 Å². The van der Waals surface area contributed by atoms with E-state index in [9.17, 15) is 0 Å². The first-order valence-corrected chi connectivity index (χ1v) is 6.13. The minimum absolute atomic E-state index is 0.616. The van der Waals surface area contributed by atoms with Crippen LogP contribution in [0.2, 0.25) is 0 Å². The molecule has 0 bridgehead atoms. The van der Waals surface area contributed by atoms with Crippen molar-refractivity contribution in [3.63, 3.8) is 0 Å². The number of benzene rings is 2. The molecule has 2 aromatic carbocycles. The van der Waals surface area contributed by atoms with Crippen LogP contribution >= 0.6 is 22.6 Å². The molecule has 2 rings (SSSR count). The molecule has 17 heavy (non-hydrogen) atoms. The minimum atomic E-state index is 0.616. The molecule has 2 aromatic rings. The van der Waals surface area contributed by atoms with Crippen molar-refractivity contribution in [1.82, 2.24) is 0 Å². The Bertz CT molecular complexity index is 529. The van der Waals surface area contributed by atoms with Crippen molar-refractivity contribution in [1.29, 1.82) is 0 Å². The average Bonchev–Trinajstić information content (AvgIpc) is 2.28. The summed E-state index contributed by atoms with van der Waals surface area (Å²) >= 11 is 2.24. The Kier molecular flexibility index (Phi) is 3.73. The fraction of sp³-hybridized carbons (Fsp3) is 0.0769. The molecule has 0 saturated heterocycles. The second-order valence-electron chi connectivity index (χ2n) is 3.50. The number of rotatable bonds is 3. The van der Waals surface area contributed by atoms with Gasteiger partial charge in [-0.1, -0.05) is 6.07 Å². The summed E-state index contributed by atoms with van der Waals surface area (Å²) in [6.07, 6.45) is 0. The van der Waals surface area contributed by atoms with E-state index in [0.717, 1.165) is 9.32 Å². The Morgan fingerprint density at radius 2 is 1.76 bits per heavy atom. The lowest BCUT2D eigenvalue weighted by molar-refractivity contribution is 0.409. The summed E-state index contributed by atoms with van der Waals surface area (Å²) in [5.41, 5.74) is 6.37. The Morgan fingerprint density at radius 3 is 2.47 bits per heavy atom. The van der Waals surface area contributed by atoms with Crippen LogP contribution in [-0.4, -0.2) is 7.11 Å². The predicted molar refractivity (Wildman–Crippen MR) is 76.6 cm³/mol. The predicted octanol–water partition coefficient (Wildman–Crippen LogP) is 3.67. The number of anilines is 1. The number of halogens is 1. The highest BCUT2D eigenvalue weighted by atomic mass is 127. The molecule has 3 nitrogen and oxygen atoms in total. The highest BCUT2D eigenvalue weighted by Gasteiger charge is 2.02. The van der Waals surface area contributed by atoms with Gasteiger partial charge in [-0.25, -0.2) is 0 Å². The zero-order valence-corrected chi connectivity index (χ0v) is 11.5. The zero-order valence-electron chi connectivity index (χ0n) is 9.31. The monoisotopic (exact) mass is 341 g/mol. The second-order valence-corrected chi connectivity index (χ2v) is 4.75. The van der Waals surface area contributed by atoms with E-state index in [0.29, 0.717) is 17.2 Å². The maximum atomic E-state index is 5.76. The van der Waals surface area contributed by atoms with Crippen molar-refractivity contribution in [2.24, 2.45) is 0 Å². The van der Waals surface area contributed by atoms with E-state index < -0.39 is 0 Å². The van der Waals surface area contributed by atoms with Gasteiger partial charge in [0.1, 0.15) is 17.2 Å². The van der Waals surface area contributed by atoms with Gasteiger partial charge in [0.05, 0.1) is 7.11 Å². The van der Waals surface area contributed by atoms with E-state index in [1.165, 1.54) is 0 Å².